The second kappa shape index (κ2) is 6.59. The molecule has 6 heteroatoms. The van der Waals surface area contributed by atoms with Gasteiger partial charge >= 0.3 is 0 Å². The van der Waals surface area contributed by atoms with Crippen LogP contribution in [0.4, 0.5) is 15.8 Å². The molecular weight excluding hydrogens is 302 g/mol. The lowest BCUT2D eigenvalue weighted by Crippen LogP contribution is -2.21. The molecule has 0 unspecified atom stereocenters. The van der Waals surface area contributed by atoms with Crippen molar-refractivity contribution in [1.29, 1.82) is 0 Å². The Hall–Kier alpha value is -1.78. The van der Waals surface area contributed by atoms with E-state index >= 15 is 0 Å². The Labute approximate surface area is 125 Å². The molecule has 104 valence electrons. The summed E-state index contributed by atoms with van der Waals surface area (Å²) in [6, 6.07) is 11.1. The van der Waals surface area contributed by atoms with Gasteiger partial charge in [0.1, 0.15) is 5.82 Å². The quantitative estimate of drug-likeness (QED) is 0.889. The van der Waals surface area contributed by atoms with Crippen LogP contribution in [-0.2, 0) is 4.79 Å². The molecule has 0 saturated carbocycles. The number of amides is 1. The molecule has 2 rings (SSSR count). The average molecular weight is 313 g/mol. The minimum atomic E-state index is -0.502. The molecule has 0 aliphatic carbocycles. The highest BCUT2D eigenvalue weighted by molar-refractivity contribution is 6.33. The number of rotatable bonds is 4. The summed E-state index contributed by atoms with van der Waals surface area (Å²) in [5, 5.41) is 5.98. The molecule has 2 N–H and O–H groups in total. The molecule has 0 heterocycles. The van der Waals surface area contributed by atoms with E-state index in [2.05, 4.69) is 10.6 Å². The van der Waals surface area contributed by atoms with Crippen molar-refractivity contribution in [3.8, 4) is 0 Å². The molecule has 0 atom stereocenters. The second-order valence-corrected chi connectivity index (χ2v) is 4.82. The standard InChI is InChI=1S/C14H11Cl2FN2O/c15-10-3-1-2-4-13(10)19-14(20)8-18-9-5-6-12(17)11(16)7-9/h1-7,18H,8H2,(H,19,20). The summed E-state index contributed by atoms with van der Waals surface area (Å²) in [4.78, 5) is 11.8. The Bertz CT molecular complexity index is 634. The zero-order chi connectivity index (χ0) is 14.5. The van der Waals surface area contributed by atoms with Crippen LogP contribution in [0.5, 0.6) is 0 Å². The van der Waals surface area contributed by atoms with Gasteiger partial charge in [-0.25, -0.2) is 4.39 Å². The van der Waals surface area contributed by atoms with Crippen molar-refractivity contribution in [2.45, 2.75) is 0 Å². The van der Waals surface area contributed by atoms with E-state index in [4.69, 9.17) is 23.2 Å². The monoisotopic (exact) mass is 312 g/mol. The third-order valence-corrected chi connectivity index (χ3v) is 3.14. The van der Waals surface area contributed by atoms with Crippen molar-refractivity contribution in [3.05, 3.63) is 58.3 Å². The number of para-hydroxylation sites is 1. The number of anilines is 2. The van der Waals surface area contributed by atoms with Crippen LogP contribution < -0.4 is 10.6 Å². The Morgan fingerprint density at radius 2 is 1.85 bits per heavy atom. The fourth-order valence-corrected chi connectivity index (χ4v) is 1.91. The highest BCUT2D eigenvalue weighted by Gasteiger charge is 2.06. The maximum atomic E-state index is 13.0. The van der Waals surface area contributed by atoms with Crippen LogP contribution in [0, 0.1) is 5.82 Å². The van der Waals surface area contributed by atoms with E-state index in [-0.39, 0.29) is 17.5 Å². The summed E-state index contributed by atoms with van der Waals surface area (Å²) in [5.74, 6) is -0.767. The highest BCUT2D eigenvalue weighted by Crippen LogP contribution is 2.21. The molecule has 0 aliphatic rings. The molecule has 0 aromatic heterocycles. The lowest BCUT2D eigenvalue weighted by atomic mass is 10.3. The van der Waals surface area contributed by atoms with E-state index in [1.165, 1.54) is 18.2 Å². The lowest BCUT2D eigenvalue weighted by molar-refractivity contribution is -0.114. The van der Waals surface area contributed by atoms with Gasteiger partial charge in [0.2, 0.25) is 5.91 Å². The number of nitrogens with one attached hydrogen (secondary N) is 2. The van der Waals surface area contributed by atoms with Crippen LogP contribution >= 0.6 is 23.2 Å². The Kier molecular flexibility index (Phi) is 4.82. The molecule has 0 bridgehead atoms. The van der Waals surface area contributed by atoms with E-state index in [1.54, 1.807) is 24.3 Å². The largest absolute Gasteiger partial charge is 0.376 e. The summed E-state index contributed by atoms with van der Waals surface area (Å²) < 4.78 is 13.0. The fourth-order valence-electron chi connectivity index (χ4n) is 1.55. The Morgan fingerprint density at radius 1 is 1.10 bits per heavy atom. The van der Waals surface area contributed by atoms with Gasteiger partial charge in [0.05, 0.1) is 22.3 Å². The number of carbonyl (C=O) groups is 1. The van der Waals surface area contributed by atoms with E-state index < -0.39 is 5.82 Å². The molecule has 0 fully saturated rings. The molecule has 1 amide bonds. The minimum Gasteiger partial charge on any atom is -0.376 e. The topological polar surface area (TPSA) is 41.1 Å². The molecule has 0 radical (unpaired) electrons. The third-order valence-electron chi connectivity index (χ3n) is 2.52. The van der Waals surface area contributed by atoms with Gasteiger partial charge in [-0.1, -0.05) is 35.3 Å². The number of halogens is 3. The van der Waals surface area contributed by atoms with Crippen molar-refractivity contribution in [2.24, 2.45) is 0 Å². The van der Waals surface area contributed by atoms with Gasteiger partial charge in [-0.3, -0.25) is 4.79 Å². The number of hydrogen-bond donors (Lipinski definition) is 2. The molecule has 2 aromatic rings. The zero-order valence-electron chi connectivity index (χ0n) is 10.3. The van der Waals surface area contributed by atoms with Gasteiger partial charge in [-0.15, -0.1) is 0 Å². The molecule has 0 aliphatic heterocycles. The average Bonchev–Trinajstić information content (AvgIpc) is 2.43. The van der Waals surface area contributed by atoms with Crippen LogP contribution in [0.2, 0.25) is 10.0 Å². The predicted molar refractivity (Wildman–Crippen MR) is 80.0 cm³/mol. The molecule has 3 nitrogen and oxygen atoms in total. The minimum absolute atomic E-state index is 0.00140. The first-order chi connectivity index (χ1) is 9.56. The number of carbonyl (C=O) groups excluding carboxylic acids is 1. The molecule has 2 aromatic carbocycles. The summed E-state index contributed by atoms with van der Waals surface area (Å²) >= 11 is 11.6. The van der Waals surface area contributed by atoms with Gasteiger partial charge in [-0.05, 0) is 30.3 Å². The van der Waals surface area contributed by atoms with Crippen molar-refractivity contribution in [2.75, 3.05) is 17.2 Å². The Morgan fingerprint density at radius 3 is 2.55 bits per heavy atom. The maximum Gasteiger partial charge on any atom is 0.243 e. The van der Waals surface area contributed by atoms with Gasteiger partial charge < -0.3 is 10.6 Å². The lowest BCUT2D eigenvalue weighted by Gasteiger charge is -2.09. The SMILES string of the molecule is O=C(CNc1ccc(F)c(Cl)c1)Nc1ccccc1Cl. The van der Waals surface area contributed by atoms with Gasteiger partial charge in [0, 0.05) is 5.69 Å². The molecular formula is C14H11Cl2FN2O. The van der Waals surface area contributed by atoms with Crippen LogP contribution in [0.3, 0.4) is 0 Å². The first-order valence-electron chi connectivity index (χ1n) is 5.79. The normalized spacial score (nSPS) is 10.2. The van der Waals surface area contributed by atoms with E-state index in [0.29, 0.717) is 16.4 Å². The van der Waals surface area contributed by atoms with Crippen LogP contribution in [0.1, 0.15) is 0 Å². The summed E-state index contributed by atoms with van der Waals surface area (Å²) in [6.07, 6.45) is 0. The van der Waals surface area contributed by atoms with Gasteiger partial charge in [0.15, 0.2) is 0 Å². The summed E-state index contributed by atoms with van der Waals surface area (Å²) in [6.45, 7) is 0.0210. The van der Waals surface area contributed by atoms with Gasteiger partial charge in [0.25, 0.3) is 0 Å². The van der Waals surface area contributed by atoms with E-state index in [1.807, 2.05) is 0 Å². The fraction of sp³-hybridized carbons (Fsp3) is 0.0714. The van der Waals surface area contributed by atoms with Gasteiger partial charge in [-0.2, -0.15) is 0 Å². The smallest absolute Gasteiger partial charge is 0.243 e. The van der Waals surface area contributed by atoms with Crippen LogP contribution in [0.15, 0.2) is 42.5 Å². The predicted octanol–water partition coefficient (Wildman–Crippen LogP) is 4.18. The second-order valence-electron chi connectivity index (χ2n) is 4.01. The summed E-state index contributed by atoms with van der Waals surface area (Å²) in [7, 11) is 0. The number of hydrogen-bond acceptors (Lipinski definition) is 2. The van der Waals surface area contributed by atoms with E-state index in [0.717, 1.165) is 0 Å². The maximum absolute atomic E-state index is 13.0. The Balaban J connectivity index is 1.92. The highest BCUT2D eigenvalue weighted by atomic mass is 35.5. The molecule has 0 saturated heterocycles. The van der Waals surface area contributed by atoms with Crippen molar-refractivity contribution in [1.82, 2.24) is 0 Å². The van der Waals surface area contributed by atoms with E-state index in [9.17, 15) is 9.18 Å². The van der Waals surface area contributed by atoms with Crippen LogP contribution in [-0.4, -0.2) is 12.5 Å². The van der Waals surface area contributed by atoms with Crippen molar-refractivity contribution in [3.63, 3.8) is 0 Å². The number of benzene rings is 2. The summed E-state index contributed by atoms with van der Waals surface area (Å²) in [5.41, 5.74) is 1.10. The molecule has 0 spiro atoms. The molecule has 20 heavy (non-hydrogen) atoms. The zero-order valence-corrected chi connectivity index (χ0v) is 11.8. The third kappa shape index (κ3) is 3.85. The van der Waals surface area contributed by atoms with Crippen molar-refractivity contribution < 1.29 is 9.18 Å². The first kappa shape index (κ1) is 14.6. The first-order valence-corrected chi connectivity index (χ1v) is 6.55. The van der Waals surface area contributed by atoms with Crippen molar-refractivity contribution >= 4 is 40.5 Å². The van der Waals surface area contributed by atoms with Crippen LogP contribution in [0.25, 0.3) is 0 Å².